The molecule has 3 aromatic rings. The van der Waals surface area contributed by atoms with Gasteiger partial charge < -0.3 is 20.0 Å². The number of nitrogens with zero attached hydrogens (tertiary/aromatic N) is 6. The van der Waals surface area contributed by atoms with Crippen molar-refractivity contribution in [2.24, 2.45) is 5.92 Å². The van der Waals surface area contributed by atoms with Crippen LogP contribution in [0.15, 0.2) is 41.5 Å². The Balaban J connectivity index is 1.48. The van der Waals surface area contributed by atoms with E-state index >= 15 is 8.78 Å². The number of hydrogen-bond donors (Lipinski definition) is 1. The minimum atomic E-state index is -2.93. The van der Waals surface area contributed by atoms with Crippen molar-refractivity contribution in [3.63, 3.8) is 0 Å². The van der Waals surface area contributed by atoms with Crippen molar-refractivity contribution in [2.45, 2.75) is 96.7 Å². The second-order valence-electron chi connectivity index (χ2n) is 14.2. The molecule has 0 spiro atoms. The Labute approximate surface area is 283 Å². The highest BCUT2D eigenvalue weighted by Gasteiger charge is 2.42. The van der Waals surface area contributed by atoms with E-state index < -0.39 is 11.8 Å². The third-order valence-corrected chi connectivity index (χ3v) is 10.5. The number of benzene rings is 1. The van der Waals surface area contributed by atoms with Gasteiger partial charge >= 0.3 is 0 Å². The van der Waals surface area contributed by atoms with Gasteiger partial charge in [0.25, 0.3) is 11.5 Å². The van der Waals surface area contributed by atoms with Gasteiger partial charge in [-0.15, -0.1) is 0 Å². The van der Waals surface area contributed by atoms with E-state index in [1.54, 1.807) is 24.1 Å². The number of halogens is 2. The molecule has 2 aliphatic rings. The predicted molar refractivity (Wildman–Crippen MR) is 188 cm³/mol. The summed E-state index contributed by atoms with van der Waals surface area (Å²) in [6, 6.07) is 8.65. The summed E-state index contributed by atoms with van der Waals surface area (Å²) in [4.78, 5) is 42.8. The molecule has 0 aliphatic carbocycles. The first-order chi connectivity index (χ1) is 22.9. The molecule has 2 aromatic heterocycles. The Hall–Kier alpha value is -3.44. The molecule has 0 radical (unpaired) electrons. The molecule has 5 rings (SSSR count). The number of piperidine rings is 2. The van der Waals surface area contributed by atoms with Crippen LogP contribution in [-0.4, -0.2) is 88.0 Å². The van der Waals surface area contributed by atoms with Gasteiger partial charge in [-0.3, -0.25) is 14.2 Å². The highest BCUT2D eigenvalue weighted by molar-refractivity contribution is 5.88. The second kappa shape index (κ2) is 15.4. The van der Waals surface area contributed by atoms with E-state index in [0.29, 0.717) is 66.5 Å². The average Bonchev–Trinajstić information content (AvgIpc) is 3.08. The lowest BCUT2D eigenvalue weighted by molar-refractivity contribution is -0.130. The van der Waals surface area contributed by atoms with Crippen molar-refractivity contribution in [2.75, 3.05) is 52.1 Å². The van der Waals surface area contributed by atoms with Crippen LogP contribution < -0.4 is 10.9 Å². The molecule has 2 aliphatic heterocycles. The summed E-state index contributed by atoms with van der Waals surface area (Å²) < 4.78 is 33.0. The molecule has 2 saturated heterocycles. The molecule has 0 saturated carbocycles. The third kappa shape index (κ3) is 7.88. The fraction of sp³-hybridized carbons (Fsp3) is 0.622. The Bertz CT molecular complexity index is 1610. The number of likely N-dealkylation sites (tertiary alicyclic amines) is 2. The smallest absolute Gasteiger partial charge is 0.276 e. The zero-order valence-electron chi connectivity index (χ0n) is 29.5. The summed E-state index contributed by atoms with van der Waals surface area (Å²) in [5.74, 6) is -3.22. The molecule has 9 nitrogen and oxygen atoms in total. The van der Waals surface area contributed by atoms with E-state index in [0.717, 1.165) is 38.8 Å². The van der Waals surface area contributed by atoms with E-state index in [9.17, 15) is 9.59 Å². The minimum absolute atomic E-state index is 0.0327. The van der Waals surface area contributed by atoms with Crippen LogP contribution in [0.2, 0.25) is 0 Å². The van der Waals surface area contributed by atoms with Gasteiger partial charge in [0.2, 0.25) is 5.91 Å². The van der Waals surface area contributed by atoms with Crippen molar-refractivity contribution in [3.8, 4) is 0 Å². The summed E-state index contributed by atoms with van der Waals surface area (Å²) in [5, 5.41) is 4.09. The van der Waals surface area contributed by atoms with Crippen LogP contribution in [0, 0.1) is 5.92 Å². The van der Waals surface area contributed by atoms with Crippen molar-refractivity contribution in [3.05, 3.63) is 63.7 Å². The first-order valence-corrected chi connectivity index (χ1v) is 17.7. The first kappa shape index (κ1) is 35.9. The van der Waals surface area contributed by atoms with Crippen LogP contribution >= 0.6 is 0 Å². The predicted octanol–water partition coefficient (Wildman–Crippen LogP) is 6.24. The van der Waals surface area contributed by atoms with Gasteiger partial charge in [0.1, 0.15) is 24.3 Å². The molecule has 1 N–H and O–H groups in total. The summed E-state index contributed by atoms with van der Waals surface area (Å²) in [6.07, 6.45) is 5.85. The number of aromatic nitrogens is 3. The van der Waals surface area contributed by atoms with E-state index in [4.69, 9.17) is 0 Å². The largest absolute Gasteiger partial charge is 0.363 e. The number of fused-ring (bicyclic) bond motifs is 1. The van der Waals surface area contributed by atoms with Crippen molar-refractivity contribution < 1.29 is 13.6 Å². The van der Waals surface area contributed by atoms with Crippen molar-refractivity contribution in [1.82, 2.24) is 29.2 Å². The van der Waals surface area contributed by atoms with E-state index in [2.05, 4.69) is 45.9 Å². The maximum absolute atomic E-state index is 15.7. The molecule has 11 heteroatoms. The number of nitrogens with one attached hydrogen (secondary N) is 1. The van der Waals surface area contributed by atoms with E-state index in [1.165, 1.54) is 17.0 Å². The van der Waals surface area contributed by atoms with Gasteiger partial charge in [-0.05, 0) is 110 Å². The maximum Gasteiger partial charge on any atom is 0.276 e. The first-order valence-electron chi connectivity index (χ1n) is 17.7. The standard InChI is InChI=1S/C37H53F2N7O2/c1-7-8-16-44(6)33(47)23-46-35-32(22-31(36(46)48)27-12-19-45(20-13-27)25(2)3)34(40-24-41-35)42-26(4)28-10-9-11-30(21-28)37(38,39)29-14-17-43(5)18-15-29/h9-11,21-22,24-27,29H,7-8,12-20,23H2,1-6H3,(H,40,41,42)/t26-/m1/s1. The average molecular weight is 666 g/mol. The highest BCUT2D eigenvalue weighted by Crippen LogP contribution is 2.42. The molecule has 2 fully saturated rings. The van der Waals surface area contributed by atoms with Gasteiger partial charge in [0.15, 0.2) is 0 Å². The van der Waals surface area contributed by atoms with E-state index in [-0.39, 0.29) is 35.5 Å². The van der Waals surface area contributed by atoms with Gasteiger partial charge in [-0.1, -0.05) is 31.5 Å². The molecule has 4 heterocycles. The molecule has 48 heavy (non-hydrogen) atoms. The van der Waals surface area contributed by atoms with Crippen molar-refractivity contribution >= 4 is 22.8 Å². The molecule has 262 valence electrons. The van der Waals surface area contributed by atoms with Crippen LogP contribution in [0.25, 0.3) is 11.0 Å². The quantitative estimate of drug-likeness (QED) is 0.245. The Morgan fingerprint density at radius 1 is 1.06 bits per heavy atom. The number of amides is 1. The Morgan fingerprint density at radius 2 is 1.77 bits per heavy atom. The molecular weight excluding hydrogens is 612 g/mol. The van der Waals surface area contributed by atoms with Crippen LogP contribution in [0.3, 0.4) is 0 Å². The number of unbranched alkanes of at least 4 members (excludes halogenated alkanes) is 1. The Kier molecular flexibility index (Phi) is 11.5. The number of anilines is 1. The lowest BCUT2D eigenvalue weighted by Gasteiger charge is -2.34. The zero-order chi connectivity index (χ0) is 34.6. The number of carbonyl (C=O) groups is 1. The highest BCUT2D eigenvalue weighted by atomic mass is 19.3. The van der Waals surface area contributed by atoms with Crippen LogP contribution in [0.1, 0.15) is 94.9 Å². The lowest BCUT2D eigenvalue weighted by Crippen LogP contribution is -2.40. The number of likely N-dealkylation sites (N-methyl/N-ethyl adjacent to an activating group) is 1. The number of carbonyl (C=O) groups excluding carboxylic acids is 1. The van der Waals surface area contributed by atoms with Gasteiger partial charge in [0.05, 0.1) is 5.39 Å². The molecule has 1 amide bonds. The normalized spacial score (nSPS) is 18.0. The number of pyridine rings is 1. The summed E-state index contributed by atoms with van der Waals surface area (Å²) in [6.45, 7) is 12.0. The second-order valence-corrected chi connectivity index (χ2v) is 14.2. The number of hydrogen-bond acceptors (Lipinski definition) is 7. The molecule has 1 atom stereocenters. The van der Waals surface area contributed by atoms with E-state index in [1.807, 2.05) is 26.1 Å². The lowest BCUT2D eigenvalue weighted by atomic mass is 9.86. The van der Waals surface area contributed by atoms with Gasteiger partial charge in [0, 0.05) is 42.7 Å². The monoisotopic (exact) mass is 665 g/mol. The molecule has 0 unspecified atom stereocenters. The fourth-order valence-corrected chi connectivity index (χ4v) is 7.17. The summed E-state index contributed by atoms with van der Waals surface area (Å²) in [7, 11) is 3.74. The maximum atomic E-state index is 15.7. The number of rotatable bonds is 12. The topological polar surface area (TPSA) is 86.6 Å². The van der Waals surface area contributed by atoms with Crippen LogP contribution in [-0.2, 0) is 17.3 Å². The fourth-order valence-electron chi connectivity index (χ4n) is 7.17. The van der Waals surface area contributed by atoms with Crippen molar-refractivity contribution in [1.29, 1.82) is 0 Å². The van der Waals surface area contributed by atoms with Crippen LogP contribution in [0.4, 0.5) is 14.6 Å². The molecular formula is C37H53F2N7O2. The molecule has 1 aromatic carbocycles. The van der Waals surface area contributed by atoms with Gasteiger partial charge in [-0.25, -0.2) is 18.7 Å². The summed E-state index contributed by atoms with van der Waals surface area (Å²) >= 11 is 0. The zero-order valence-corrected chi connectivity index (χ0v) is 29.5. The van der Waals surface area contributed by atoms with Gasteiger partial charge in [-0.2, -0.15) is 0 Å². The Morgan fingerprint density at radius 3 is 2.44 bits per heavy atom. The summed E-state index contributed by atoms with van der Waals surface area (Å²) in [5.41, 5.74) is 1.61. The van der Waals surface area contributed by atoms with Crippen LogP contribution in [0.5, 0.6) is 0 Å². The number of alkyl halides is 2. The minimum Gasteiger partial charge on any atom is -0.363 e. The third-order valence-electron chi connectivity index (χ3n) is 10.5. The molecule has 0 bridgehead atoms. The SMILES string of the molecule is CCCCN(C)C(=O)Cn1c(=O)c(C2CCN(C(C)C)CC2)cc2c(N[C@H](C)c3cccc(C(F)(F)C4CCN(C)CC4)c3)ncnc21.